The summed E-state index contributed by atoms with van der Waals surface area (Å²) in [5, 5.41) is 0.770. The first-order chi connectivity index (χ1) is 12.0. The van der Waals surface area contributed by atoms with Gasteiger partial charge in [-0.15, -0.1) is 11.3 Å². The lowest BCUT2D eigenvalue weighted by molar-refractivity contribution is -0.132. The van der Waals surface area contributed by atoms with Crippen LogP contribution in [-0.2, 0) is 4.79 Å². The Labute approximate surface area is 158 Å². The van der Waals surface area contributed by atoms with Crippen LogP contribution in [0, 0.1) is 19.8 Å². The molecule has 2 atom stereocenters. The van der Waals surface area contributed by atoms with Gasteiger partial charge in [-0.05, 0) is 50.1 Å². The maximum absolute atomic E-state index is 12.8. The quantitative estimate of drug-likeness (QED) is 0.791. The number of thiophene rings is 1. The van der Waals surface area contributed by atoms with Gasteiger partial charge in [0.2, 0.25) is 5.91 Å². The van der Waals surface area contributed by atoms with Crippen LogP contribution in [0.2, 0.25) is 5.02 Å². The number of amides is 1. The predicted octanol–water partition coefficient (Wildman–Crippen LogP) is 4.47. The van der Waals surface area contributed by atoms with Gasteiger partial charge in [0.25, 0.3) is 0 Å². The molecule has 1 aromatic carbocycles. The first-order valence-corrected chi connectivity index (χ1v) is 10.1. The van der Waals surface area contributed by atoms with Crippen molar-refractivity contribution >= 4 is 34.5 Å². The molecule has 2 aromatic rings. The summed E-state index contributed by atoms with van der Waals surface area (Å²) in [4.78, 5) is 19.9. The molecule has 0 radical (unpaired) electrons. The molecule has 5 heteroatoms. The second-order valence-corrected chi connectivity index (χ2v) is 8.90. The van der Waals surface area contributed by atoms with Gasteiger partial charge in [0, 0.05) is 58.5 Å². The van der Waals surface area contributed by atoms with Crippen LogP contribution in [0.4, 0.5) is 5.69 Å². The second-order valence-electron chi connectivity index (χ2n) is 7.14. The number of anilines is 1. The Morgan fingerprint density at radius 3 is 2.56 bits per heavy atom. The largest absolute Gasteiger partial charge is 0.368 e. The van der Waals surface area contributed by atoms with E-state index < -0.39 is 0 Å². The number of carbonyl (C=O) groups is 1. The number of hydrogen-bond acceptors (Lipinski definition) is 3. The molecule has 1 aliphatic heterocycles. The van der Waals surface area contributed by atoms with E-state index in [9.17, 15) is 4.79 Å². The molecule has 2 heterocycles. The Balaban J connectivity index is 1.36. The van der Waals surface area contributed by atoms with Gasteiger partial charge in [0.1, 0.15) is 0 Å². The van der Waals surface area contributed by atoms with Crippen LogP contribution in [-0.4, -0.2) is 37.0 Å². The molecule has 4 rings (SSSR count). The van der Waals surface area contributed by atoms with E-state index in [1.807, 2.05) is 23.5 Å². The number of benzene rings is 1. The molecule has 2 aliphatic rings. The highest BCUT2D eigenvalue weighted by Gasteiger charge is 2.46. The van der Waals surface area contributed by atoms with E-state index in [1.54, 1.807) is 0 Å². The number of aryl methyl sites for hydroxylation is 2. The van der Waals surface area contributed by atoms with Crippen LogP contribution < -0.4 is 4.90 Å². The highest BCUT2D eigenvalue weighted by atomic mass is 35.5. The summed E-state index contributed by atoms with van der Waals surface area (Å²) >= 11 is 7.99. The van der Waals surface area contributed by atoms with Gasteiger partial charge in [-0.1, -0.05) is 17.7 Å². The van der Waals surface area contributed by atoms with Gasteiger partial charge in [-0.2, -0.15) is 0 Å². The minimum Gasteiger partial charge on any atom is -0.368 e. The molecule has 1 unspecified atom stereocenters. The van der Waals surface area contributed by atoms with Crippen LogP contribution >= 0.6 is 22.9 Å². The van der Waals surface area contributed by atoms with Crippen molar-refractivity contribution in [2.24, 2.45) is 5.92 Å². The maximum atomic E-state index is 12.8. The van der Waals surface area contributed by atoms with E-state index >= 15 is 0 Å². The molecule has 0 N–H and O–H groups in total. The molecular formula is C20H23ClN2OS. The third kappa shape index (κ3) is 3.42. The van der Waals surface area contributed by atoms with E-state index in [0.717, 1.165) is 37.6 Å². The van der Waals surface area contributed by atoms with Gasteiger partial charge in [-0.3, -0.25) is 4.79 Å². The number of piperazine rings is 1. The van der Waals surface area contributed by atoms with Crippen LogP contribution in [0.3, 0.4) is 0 Å². The zero-order chi connectivity index (χ0) is 17.6. The number of nitrogens with zero attached hydrogens (tertiary/aromatic N) is 2. The standard InChI is InChI=1S/C20H23ClN2OS/c1-13-3-5-15(21)11-18(13)22-7-9-23(10-8-22)20(24)17-12-16(17)19-6-4-14(2)25-19/h3-6,11,16-17H,7-10,12H2,1-2H3/t16-,17?/m1/s1. The van der Waals surface area contributed by atoms with Crippen LogP contribution in [0.15, 0.2) is 30.3 Å². The molecule has 1 saturated carbocycles. The summed E-state index contributed by atoms with van der Waals surface area (Å²) in [6.07, 6.45) is 1.02. The first-order valence-electron chi connectivity index (χ1n) is 8.89. The van der Waals surface area contributed by atoms with E-state index in [1.165, 1.54) is 21.0 Å². The highest BCUT2D eigenvalue weighted by molar-refractivity contribution is 7.12. The third-order valence-corrected chi connectivity index (χ3v) is 6.71. The van der Waals surface area contributed by atoms with Gasteiger partial charge < -0.3 is 9.80 Å². The first kappa shape index (κ1) is 16.9. The smallest absolute Gasteiger partial charge is 0.226 e. The van der Waals surface area contributed by atoms with Crippen LogP contribution in [0.25, 0.3) is 0 Å². The SMILES string of the molecule is Cc1ccc([C@@H]2CC2C(=O)N2CCN(c3cc(Cl)ccc3C)CC2)s1. The fourth-order valence-corrected chi connectivity index (χ4v) is 4.98. The van der Waals surface area contributed by atoms with Crippen molar-refractivity contribution in [2.75, 3.05) is 31.1 Å². The predicted molar refractivity (Wildman–Crippen MR) is 105 cm³/mol. The molecule has 1 aliphatic carbocycles. The summed E-state index contributed by atoms with van der Waals surface area (Å²) < 4.78 is 0. The molecule has 132 valence electrons. The summed E-state index contributed by atoms with van der Waals surface area (Å²) in [6, 6.07) is 10.4. The van der Waals surface area contributed by atoms with Gasteiger partial charge in [0.15, 0.2) is 0 Å². The fourth-order valence-electron chi connectivity index (χ4n) is 3.76. The van der Waals surface area contributed by atoms with Crippen molar-refractivity contribution in [3.8, 4) is 0 Å². The second kappa shape index (κ2) is 6.65. The molecule has 25 heavy (non-hydrogen) atoms. The molecule has 1 amide bonds. The summed E-state index contributed by atoms with van der Waals surface area (Å²) in [5.41, 5.74) is 2.43. The lowest BCUT2D eigenvalue weighted by Crippen LogP contribution is -2.49. The number of carbonyl (C=O) groups excluding carboxylic acids is 1. The Kier molecular flexibility index (Phi) is 4.50. The monoisotopic (exact) mass is 374 g/mol. The van der Waals surface area contributed by atoms with Crippen LogP contribution in [0.1, 0.15) is 27.7 Å². The third-order valence-electron chi connectivity index (χ3n) is 5.34. The maximum Gasteiger partial charge on any atom is 0.226 e. The lowest BCUT2D eigenvalue weighted by Gasteiger charge is -2.37. The average molecular weight is 375 g/mol. The van der Waals surface area contributed by atoms with Crippen molar-refractivity contribution < 1.29 is 4.79 Å². The summed E-state index contributed by atoms with van der Waals surface area (Å²) in [6.45, 7) is 7.60. The zero-order valence-corrected chi connectivity index (χ0v) is 16.2. The number of halogens is 1. The van der Waals surface area contributed by atoms with E-state index in [2.05, 4.69) is 41.8 Å². The normalized spacial score (nSPS) is 23.0. The van der Waals surface area contributed by atoms with Crippen LogP contribution in [0.5, 0.6) is 0 Å². The summed E-state index contributed by atoms with van der Waals surface area (Å²) in [5.74, 6) is 1.01. The average Bonchev–Trinajstić information content (AvgIpc) is 3.30. The number of rotatable bonds is 3. The molecule has 1 saturated heterocycles. The lowest BCUT2D eigenvalue weighted by atomic mass is 10.1. The van der Waals surface area contributed by atoms with Crippen molar-refractivity contribution in [1.29, 1.82) is 0 Å². The highest BCUT2D eigenvalue weighted by Crippen LogP contribution is 2.50. The molecular weight excluding hydrogens is 352 g/mol. The molecule has 0 spiro atoms. The van der Waals surface area contributed by atoms with Crippen molar-refractivity contribution in [2.45, 2.75) is 26.2 Å². The van der Waals surface area contributed by atoms with Crippen molar-refractivity contribution in [3.05, 3.63) is 50.7 Å². The van der Waals surface area contributed by atoms with Gasteiger partial charge >= 0.3 is 0 Å². The van der Waals surface area contributed by atoms with Crippen molar-refractivity contribution in [1.82, 2.24) is 4.90 Å². The van der Waals surface area contributed by atoms with E-state index in [4.69, 9.17) is 11.6 Å². The molecule has 0 bridgehead atoms. The zero-order valence-electron chi connectivity index (χ0n) is 14.7. The summed E-state index contributed by atoms with van der Waals surface area (Å²) in [7, 11) is 0. The van der Waals surface area contributed by atoms with E-state index in [-0.39, 0.29) is 5.92 Å². The number of hydrogen-bond donors (Lipinski definition) is 0. The van der Waals surface area contributed by atoms with Gasteiger partial charge in [0.05, 0.1) is 0 Å². The molecule has 1 aromatic heterocycles. The van der Waals surface area contributed by atoms with Gasteiger partial charge in [-0.25, -0.2) is 0 Å². The van der Waals surface area contributed by atoms with Crippen molar-refractivity contribution in [3.63, 3.8) is 0 Å². The Morgan fingerprint density at radius 1 is 1.12 bits per heavy atom. The molecule has 2 fully saturated rings. The Hall–Kier alpha value is -1.52. The topological polar surface area (TPSA) is 23.6 Å². The minimum atomic E-state index is 0.206. The fraction of sp³-hybridized carbons (Fsp3) is 0.450. The minimum absolute atomic E-state index is 0.206. The van der Waals surface area contributed by atoms with E-state index in [0.29, 0.717) is 11.8 Å². The molecule has 3 nitrogen and oxygen atoms in total. The Morgan fingerprint density at radius 2 is 1.88 bits per heavy atom. The Bertz CT molecular complexity index is 795.